The van der Waals surface area contributed by atoms with Crippen molar-refractivity contribution < 1.29 is 0 Å². The molecule has 2 unspecified atom stereocenters. The van der Waals surface area contributed by atoms with Crippen LogP contribution in [0.25, 0.3) is 4.85 Å². The topological polar surface area (TPSA) is 80.9 Å². The Balaban J connectivity index is 1.93. The van der Waals surface area contributed by atoms with E-state index in [1.807, 2.05) is 12.1 Å². The van der Waals surface area contributed by atoms with Gasteiger partial charge >= 0.3 is 0 Å². The van der Waals surface area contributed by atoms with Gasteiger partial charge < -0.3 is 10.6 Å². The monoisotopic (exact) mass is 394 g/mol. The van der Waals surface area contributed by atoms with Crippen molar-refractivity contribution in [1.82, 2.24) is 15.5 Å². The van der Waals surface area contributed by atoms with Crippen LogP contribution in [0.5, 0.6) is 0 Å². The zero-order chi connectivity index (χ0) is 17.4. The van der Waals surface area contributed by atoms with E-state index in [2.05, 4.69) is 47.7 Å². The lowest BCUT2D eigenvalue weighted by atomic mass is 9.85. The molecule has 3 N–H and O–H groups in total. The summed E-state index contributed by atoms with van der Waals surface area (Å²) in [6.07, 6.45) is 3.84. The number of aromatic amines is 1. The van der Waals surface area contributed by atoms with E-state index in [1.165, 1.54) is 0 Å². The molecule has 1 aromatic carbocycles. The van der Waals surface area contributed by atoms with Crippen LogP contribution in [0.2, 0.25) is 0 Å². The highest BCUT2D eigenvalue weighted by Crippen LogP contribution is 2.45. The van der Waals surface area contributed by atoms with E-state index in [9.17, 15) is 5.26 Å². The molecule has 0 spiro atoms. The van der Waals surface area contributed by atoms with Crippen molar-refractivity contribution in [2.24, 2.45) is 0 Å². The molecule has 25 heavy (non-hydrogen) atoms. The first-order valence-corrected chi connectivity index (χ1v) is 8.87. The Labute approximate surface area is 153 Å². The van der Waals surface area contributed by atoms with E-state index in [0.717, 1.165) is 46.5 Å². The molecule has 7 heteroatoms. The molecule has 2 aromatic rings. The number of anilines is 1. The van der Waals surface area contributed by atoms with Crippen LogP contribution in [-0.2, 0) is 0 Å². The van der Waals surface area contributed by atoms with Crippen molar-refractivity contribution in [1.29, 1.82) is 5.26 Å². The lowest BCUT2D eigenvalue weighted by Gasteiger charge is -2.29. The van der Waals surface area contributed by atoms with Crippen molar-refractivity contribution in [2.75, 3.05) is 11.9 Å². The second kappa shape index (κ2) is 6.36. The smallest absolute Gasteiger partial charge is 0.197 e. The number of nitriles is 1. The van der Waals surface area contributed by atoms with Crippen LogP contribution in [0, 0.1) is 17.9 Å². The Bertz CT molecular complexity index is 939. The second-order valence-corrected chi connectivity index (χ2v) is 6.93. The highest BCUT2D eigenvalue weighted by Gasteiger charge is 2.36. The number of fused-ring (bicyclic) bond motifs is 1. The van der Waals surface area contributed by atoms with Gasteiger partial charge in [0.2, 0.25) is 0 Å². The van der Waals surface area contributed by atoms with Gasteiger partial charge in [-0.05, 0) is 46.9 Å². The molecule has 0 radical (unpaired) electrons. The summed E-state index contributed by atoms with van der Waals surface area (Å²) in [6.45, 7) is 8.78. The lowest BCUT2D eigenvalue weighted by Crippen LogP contribution is -2.32. The number of nitrogens with one attached hydrogen (secondary N) is 3. The molecule has 0 aliphatic carbocycles. The lowest BCUT2D eigenvalue weighted by molar-refractivity contribution is 0.675. The number of nitrogens with zero attached hydrogens (tertiary/aromatic N) is 3. The maximum Gasteiger partial charge on any atom is 0.197 e. The Morgan fingerprint density at radius 1 is 1.36 bits per heavy atom. The normalized spacial score (nSPS) is 22.0. The third-order valence-electron chi connectivity index (χ3n) is 4.78. The number of benzene rings is 1. The van der Waals surface area contributed by atoms with Crippen LogP contribution in [0.15, 0.2) is 40.3 Å². The van der Waals surface area contributed by atoms with Gasteiger partial charge in [-0.2, -0.15) is 10.4 Å². The third-order valence-corrected chi connectivity index (χ3v) is 5.66. The molecule has 0 amide bonds. The van der Waals surface area contributed by atoms with E-state index >= 15 is 0 Å². The number of H-pyrrole nitrogens is 1. The van der Waals surface area contributed by atoms with Gasteiger partial charge in [-0.3, -0.25) is 5.10 Å². The van der Waals surface area contributed by atoms with Crippen molar-refractivity contribution >= 4 is 21.7 Å². The maximum absolute atomic E-state index is 9.35. The first-order chi connectivity index (χ1) is 12.2. The summed E-state index contributed by atoms with van der Waals surface area (Å²) in [5.74, 6) is 0.558. The van der Waals surface area contributed by atoms with Crippen molar-refractivity contribution in [3.63, 3.8) is 0 Å². The molecule has 3 heterocycles. The zero-order valence-electron chi connectivity index (χ0n) is 13.3. The number of hydrogen-bond acceptors (Lipinski definition) is 4. The average molecular weight is 395 g/mol. The first kappa shape index (κ1) is 15.9. The van der Waals surface area contributed by atoms with Crippen LogP contribution in [-0.4, -0.2) is 22.8 Å². The Hall–Kier alpha value is -2.61. The Kier molecular flexibility index (Phi) is 4.04. The highest BCUT2D eigenvalue weighted by molar-refractivity contribution is 9.10. The molecule has 2 atom stereocenters. The molecule has 1 saturated heterocycles. The third kappa shape index (κ3) is 2.53. The van der Waals surface area contributed by atoms with Crippen molar-refractivity contribution in [3.05, 3.63) is 68.4 Å². The molecule has 0 saturated carbocycles. The molecule has 1 fully saturated rings. The van der Waals surface area contributed by atoms with E-state index in [4.69, 9.17) is 6.57 Å². The minimum Gasteiger partial charge on any atom is -0.352 e. The Morgan fingerprint density at radius 3 is 2.96 bits per heavy atom. The summed E-state index contributed by atoms with van der Waals surface area (Å²) in [5, 5.41) is 23.3. The SMILES string of the molecule is [C-]#[N+]C1=C(C2CCCN2)Nc2[nH]ncc2C1c1cccc(C#N)c1Br. The number of halogens is 1. The van der Waals surface area contributed by atoms with Crippen LogP contribution >= 0.6 is 15.9 Å². The van der Waals surface area contributed by atoms with Gasteiger partial charge in [0.1, 0.15) is 11.9 Å². The minimum absolute atomic E-state index is 0.140. The summed E-state index contributed by atoms with van der Waals surface area (Å²) < 4.78 is 0.733. The van der Waals surface area contributed by atoms with E-state index in [0.29, 0.717) is 11.3 Å². The Morgan fingerprint density at radius 2 is 2.24 bits per heavy atom. The fraction of sp³-hybridized carbons (Fsp3) is 0.278. The standard InChI is InChI=1S/C18H15BrN6/c1-21-17-14(11-5-2-4-10(8-20)15(11)19)12-9-23-25-18(12)24-16(17)13-6-3-7-22-13/h2,4-5,9,13-14,22H,3,6-7H2,(H2,23,24,25). The van der Waals surface area contributed by atoms with Gasteiger partial charge in [0, 0.05) is 21.8 Å². The summed E-state index contributed by atoms with van der Waals surface area (Å²) in [7, 11) is 0. The predicted octanol–water partition coefficient (Wildman–Crippen LogP) is 3.48. The molecule has 0 bridgehead atoms. The number of allylic oxidation sites excluding steroid dienone is 1. The fourth-order valence-corrected chi connectivity index (χ4v) is 4.19. The van der Waals surface area contributed by atoms with Crippen LogP contribution < -0.4 is 10.6 Å². The maximum atomic E-state index is 9.35. The molecule has 6 nitrogen and oxygen atoms in total. The zero-order valence-corrected chi connectivity index (χ0v) is 14.9. The molecular weight excluding hydrogens is 380 g/mol. The number of rotatable bonds is 2. The van der Waals surface area contributed by atoms with Gasteiger partial charge in [0.15, 0.2) is 5.70 Å². The quantitative estimate of drug-likeness (QED) is 0.681. The summed E-state index contributed by atoms with van der Waals surface area (Å²) in [4.78, 5) is 3.89. The minimum atomic E-state index is -0.257. The van der Waals surface area contributed by atoms with Crippen LogP contribution in [0.4, 0.5) is 5.82 Å². The number of hydrogen-bond donors (Lipinski definition) is 3. The van der Waals surface area contributed by atoms with Gasteiger partial charge in [-0.25, -0.2) is 4.85 Å². The second-order valence-electron chi connectivity index (χ2n) is 6.14. The van der Waals surface area contributed by atoms with Crippen molar-refractivity contribution in [2.45, 2.75) is 24.8 Å². The fourth-order valence-electron chi connectivity index (χ4n) is 3.61. The highest BCUT2D eigenvalue weighted by atomic mass is 79.9. The first-order valence-electron chi connectivity index (χ1n) is 8.08. The predicted molar refractivity (Wildman–Crippen MR) is 97.6 cm³/mol. The largest absolute Gasteiger partial charge is 0.352 e. The van der Waals surface area contributed by atoms with Gasteiger partial charge in [0.05, 0.1) is 24.3 Å². The summed E-state index contributed by atoms with van der Waals surface area (Å²) in [6, 6.07) is 7.93. The van der Waals surface area contributed by atoms with E-state index in [1.54, 1.807) is 12.3 Å². The van der Waals surface area contributed by atoms with Crippen LogP contribution in [0.1, 0.15) is 35.4 Å². The van der Waals surface area contributed by atoms with Crippen LogP contribution in [0.3, 0.4) is 0 Å². The number of aromatic nitrogens is 2. The van der Waals surface area contributed by atoms with Gasteiger partial charge in [-0.15, -0.1) is 0 Å². The molecule has 124 valence electrons. The average Bonchev–Trinajstić information content (AvgIpc) is 3.31. The molecule has 2 aliphatic rings. The van der Waals surface area contributed by atoms with Crippen molar-refractivity contribution in [3.8, 4) is 6.07 Å². The van der Waals surface area contributed by atoms with E-state index in [-0.39, 0.29) is 12.0 Å². The molecular formula is C18H15BrN6. The van der Waals surface area contributed by atoms with E-state index < -0.39 is 0 Å². The van der Waals surface area contributed by atoms with Gasteiger partial charge in [0.25, 0.3) is 0 Å². The summed E-state index contributed by atoms with van der Waals surface area (Å²) in [5.41, 5.74) is 3.95. The molecule has 4 rings (SSSR count). The van der Waals surface area contributed by atoms with Gasteiger partial charge in [-0.1, -0.05) is 12.1 Å². The summed E-state index contributed by atoms with van der Waals surface area (Å²) >= 11 is 3.56. The molecule has 2 aliphatic heterocycles. The molecule has 1 aromatic heterocycles.